The van der Waals surface area contributed by atoms with Crippen LogP contribution >= 0.6 is 0 Å². The van der Waals surface area contributed by atoms with Crippen molar-refractivity contribution >= 4 is 27.8 Å². The van der Waals surface area contributed by atoms with E-state index >= 15 is 0 Å². The van der Waals surface area contributed by atoms with Crippen molar-refractivity contribution in [2.45, 2.75) is 31.8 Å². The van der Waals surface area contributed by atoms with Gasteiger partial charge in [-0.05, 0) is 56.0 Å². The van der Waals surface area contributed by atoms with Crippen LogP contribution in [0.1, 0.15) is 45.5 Å². The minimum absolute atomic E-state index is 0.110. The van der Waals surface area contributed by atoms with Crippen molar-refractivity contribution in [3.8, 4) is 0 Å². The van der Waals surface area contributed by atoms with Gasteiger partial charge in [-0.1, -0.05) is 6.07 Å². The number of hydrogen-bond donors (Lipinski definition) is 4. The van der Waals surface area contributed by atoms with Gasteiger partial charge in [0, 0.05) is 30.8 Å². The third kappa shape index (κ3) is 6.25. The molecule has 0 aromatic heterocycles. The first-order valence-corrected chi connectivity index (χ1v) is 12.1. The molecule has 170 valence electrons. The molecule has 2 amide bonds. The van der Waals surface area contributed by atoms with Crippen LogP contribution in [0, 0.1) is 5.92 Å². The molecule has 31 heavy (non-hydrogen) atoms. The van der Waals surface area contributed by atoms with Crippen molar-refractivity contribution in [1.82, 2.24) is 20.3 Å². The summed E-state index contributed by atoms with van der Waals surface area (Å²) in [4.78, 5) is 38.2. The standard InChI is InChI=1S/C20H28N4O6S/c1-31(29,30)23-17(20(27)28)11-22-18(25)14-2-3-15-12-24(19(26)16(15)10-14)9-6-13-4-7-21-8-5-13/h2-3,10,13,17,21,23H,4-9,11-12H2,1H3,(H,22,25)(H,27,28)/t17-/m0/s1. The summed E-state index contributed by atoms with van der Waals surface area (Å²) in [6.07, 6.45) is 4.03. The van der Waals surface area contributed by atoms with Crippen LogP contribution in [-0.4, -0.2) is 74.7 Å². The SMILES string of the molecule is CS(=O)(=O)N[C@@H](CNC(=O)c1ccc2c(c1)C(=O)N(CCC1CCNCC1)C2)C(=O)O. The van der Waals surface area contributed by atoms with E-state index in [0.29, 0.717) is 24.6 Å². The number of benzene rings is 1. The second-order valence-electron chi connectivity index (χ2n) is 8.07. The van der Waals surface area contributed by atoms with Crippen molar-refractivity contribution in [3.63, 3.8) is 0 Å². The number of aliphatic carboxylic acids is 1. The molecule has 3 rings (SSSR count). The van der Waals surface area contributed by atoms with Crippen LogP contribution < -0.4 is 15.4 Å². The number of carboxylic acid groups (broad SMARTS) is 1. The second kappa shape index (κ2) is 9.75. The molecule has 1 aromatic carbocycles. The number of sulfonamides is 1. The molecule has 0 radical (unpaired) electrons. The molecule has 0 aliphatic carbocycles. The van der Waals surface area contributed by atoms with Crippen molar-refractivity contribution in [2.24, 2.45) is 5.92 Å². The number of carbonyl (C=O) groups is 3. The summed E-state index contributed by atoms with van der Waals surface area (Å²) in [7, 11) is -3.75. The van der Waals surface area contributed by atoms with Gasteiger partial charge in [-0.3, -0.25) is 14.4 Å². The lowest BCUT2D eigenvalue weighted by molar-refractivity contribution is -0.138. The minimum Gasteiger partial charge on any atom is -0.480 e. The van der Waals surface area contributed by atoms with Gasteiger partial charge in [-0.25, -0.2) is 8.42 Å². The highest BCUT2D eigenvalue weighted by molar-refractivity contribution is 7.88. The minimum atomic E-state index is -3.75. The summed E-state index contributed by atoms with van der Waals surface area (Å²) in [5, 5.41) is 14.9. The van der Waals surface area contributed by atoms with Gasteiger partial charge in [0.15, 0.2) is 0 Å². The summed E-state index contributed by atoms with van der Waals surface area (Å²) < 4.78 is 24.5. The van der Waals surface area contributed by atoms with E-state index in [-0.39, 0.29) is 11.5 Å². The van der Waals surface area contributed by atoms with E-state index in [1.807, 2.05) is 4.72 Å². The Balaban J connectivity index is 1.59. The Morgan fingerprint density at radius 2 is 2.00 bits per heavy atom. The number of piperidine rings is 1. The predicted octanol–water partition coefficient (Wildman–Crippen LogP) is -0.236. The molecule has 0 bridgehead atoms. The average molecular weight is 453 g/mol. The molecule has 1 fully saturated rings. The van der Waals surface area contributed by atoms with Gasteiger partial charge in [-0.15, -0.1) is 0 Å². The number of amides is 2. The first-order chi connectivity index (χ1) is 14.6. The van der Waals surface area contributed by atoms with Crippen molar-refractivity contribution in [3.05, 3.63) is 34.9 Å². The topological polar surface area (TPSA) is 145 Å². The highest BCUT2D eigenvalue weighted by atomic mass is 32.2. The molecule has 11 heteroatoms. The molecular formula is C20H28N4O6S. The van der Waals surface area contributed by atoms with Gasteiger partial charge in [0.1, 0.15) is 6.04 Å². The monoisotopic (exact) mass is 452 g/mol. The van der Waals surface area contributed by atoms with E-state index in [9.17, 15) is 22.8 Å². The second-order valence-corrected chi connectivity index (χ2v) is 9.85. The van der Waals surface area contributed by atoms with Gasteiger partial charge < -0.3 is 20.6 Å². The van der Waals surface area contributed by atoms with Gasteiger partial charge in [-0.2, -0.15) is 4.72 Å². The number of carboxylic acids is 1. The maximum atomic E-state index is 12.8. The molecule has 0 saturated carbocycles. The Hall–Kier alpha value is -2.50. The maximum Gasteiger partial charge on any atom is 0.323 e. The van der Waals surface area contributed by atoms with Crippen LogP contribution in [0.2, 0.25) is 0 Å². The summed E-state index contributed by atoms with van der Waals surface area (Å²) in [6.45, 7) is 2.80. The van der Waals surface area contributed by atoms with E-state index in [4.69, 9.17) is 5.11 Å². The van der Waals surface area contributed by atoms with Gasteiger partial charge in [0.2, 0.25) is 10.0 Å². The lowest BCUT2D eigenvalue weighted by Gasteiger charge is -2.25. The molecule has 0 unspecified atom stereocenters. The molecule has 0 spiro atoms. The quantitative estimate of drug-likeness (QED) is 0.405. The normalized spacial score (nSPS) is 18.0. The Bertz CT molecular complexity index is 958. The molecule has 4 N–H and O–H groups in total. The number of carbonyl (C=O) groups excluding carboxylic acids is 2. The summed E-state index contributed by atoms with van der Waals surface area (Å²) in [5.41, 5.74) is 1.55. The fourth-order valence-corrected chi connectivity index (χ4v) is 4.63. The molecule has 1 aromatic rings. The molecular weight excluding hydrogens is 424 g/mol. The zero-order valence-electron chi connectivity index (χ0n) is 17.4. The van der Waals surface area contributed by atoms with E-state index in [0.717, 1.165) is 44.2 Å². The zero-order valence-corrected chi connectivity index (χ0v) is 18.2. The van der Waals surface area contributed by atoms with Crippen LogP contribution in [0.3, 0.4) is 0 Å². The van der Waals surface area contributed by atoms with Crippen molar-refractivity contribution in [2.75, 3.05) is 32.4 Å². The first-order valence-electron chi connectivity index (χ1n) is 10.3. The largest absolute Gasteiger partial charge is 0.480 e. The third-order valence-electron chi connectivity index (χ3n) is 5.64. The Labute approximate surface area is 181 Å². The van der Waals surface area contributed by atoms with E-state index in [2.05, 4.69) is 10.6 Å². The van der Waals surface area contributed by atoms with Crippen LogP contribution in [0.25, 0.3) is 0 Å². The van der Waals surface area contributed by atoms with Crippen molar-refractivity contribution < 1.29 is 27.9 Å². The number of nitrogens with zero attached hydrogens (tertiary/aromatic N) is 1. The number of hydrogen-bond acceptors (Lipinski definition) is 6. The Morgan fingerprint density at radius 3 is 2.65 bits per heavy atom. The zero-order chi connectivity index (χ0) is 22.6. The van der Waals surface area contributed by atoms with Crippen LogP contribution in [0.5, 0.6) is 0 Å². The lowest BCUT2D eigenvalue weighted by Crippen LogP contribution is -2.48. The van der Waals surface area contributed by atoms with Crippen molar-refractivity contribution in [1.29, 1.82) is 0 Å². The highest BCUT2D eigenvalue weighted by Crippen LogP contribution is 2.26. The van der Waals surface area contributed by atoms with E-state index in [1.54, 1.807) is 17.0 Å². The highest BCUT2D eigenvalue weighted by Gasteiger charge is 2.29. The molecule has 2 aliphatic rings. The molecule has 1 saturated heterocycles. The van der Waals surface area contributed by atoms with Crippen LogP contribution in [0.15, 0.2) is 18.2 Å². The van der Waals surface area contributed by atoms with Crippen LogP contribution in [-0.2, 0) is 21.4 Å². The molecule has 2 aliphatic heterocycles. The molecule has 2 heterocycles. The van der Waals surface area contributed by atoms with Crippen LogP contribution in [0.4, 0.5) is 0 Å². The van der Waals surface area contributed by atoms with Gasteiger partial charge >= 0.3 is 5.97 Å². The molecule has 1 atom stereocenters. The van der Waals surface area contributed by atoms with E-state index < -0.39 is 34.5 Å². The third-order valence-corrected chi connectivity index (χ3v) is 6.35. The molecule has 10 nitrogen and oxygen atoms in total. The predicted molar refractivity (Wildman–Crippen MR) is 113 cm³/mol. The first kappa shape index (κ1) is 23.2. The lowest BCUT2D eigenvalue weighted by atomic mass is 9.94. The fraction of sp³-hybridized carbons (Fsp3) is 0.550. The Morgan fingerprint density at radius 1 is 1.29 bits per heavy atom. The summed E-state index contributed by atoms with van der Waals surface area (Å²) >= 11 is 0. The van der Waals surface area contributed by atoms with Gasteiger partial charge in [0.05, 0.1) is 6.26 Å². The average Bonchev–Trinajstić information content (AvgIpc) is 3.04. The fourth-order valence-electron chi connectivity index (χ4n) is 3.93. The van der Waals surface area contributed by atoms with E-state index in [1.165, 1.54) is 6.07 Å². The number of rotatable bonds is 9. The maximum absolute atomic E-state index is 12.8. The Kier molecular flexibility index (Phi) is 7.29. The summed E-state index contributed by atoms with van der Waals surface area (Å²) in [5.74, 6) is -1.48. The smallest absolute Gasteiger partial charge is 0.323 e. The summed E-state index contributed by atoms with van der Waals surface area (Å²) in [6, 6.07) is 3.34. The number of nitrogens with one attached hydrogen (secondary N) is 3. The van der Waals surface area contributed by atoms with Gasteiger partial charge in [0.25, 0.3) is 11.8 Å². The number of fused-ring (bicyclic) bond motifs is 1.